The number of carboxylic acid groups (broad SMARTS) is 1. The number of urea groups is 1. The van der Waals surface area contributed by atoms with Crippen molar-refractivity contribution in [1.29, 1.82) is 5.26 Å². The highest BCUT2D eigenvalue weighted by molar-refractivity contribution is 6.31. The summed E-state index contributed by atoms with van der Waals surface area (Å²) in [6.07, 6.45) is -1.77. The minimum atomic E-state index is -2.98. The molecule has 2 heterocycles. The molecule has 0 bridgehead atoms. The molecule has 1 aliphatic carbocycles. The van der Waals surface area contributed by atoms with E-state index in [4.69, 9.17) is 11.6 Å². The fourth-order valence-corrected chi connectivity index (χ4v) is 5.39. The van der Waals surface area contributed by atoms with Crippen LogP contribution < -0.4 is 15.1 Å². The van der Waals surface area contributed by atoms with E-state index in [0.29, 0.717) is 4.90 Å². The number of anilines is 2. The van der Waals surface area contributed by atoms with Gasteiger partial charge in [-0.15, -0.1) is 0 Å². The smallest absolute Gasteiger partial charge is 0.415 e. The Bertz CT molecular complexity index is 1690. The van der Waals surface area contributed by atoms with Crippen molar-refractivity contribution >= 4 is 47.0 Å². The van der Waals surface area contributed by atoms with Gasteiger partial charge in [0.25, 0.3) is 11.8 Å². The van der Waals surface area contributed by atoms with Crippen LogP contribution in [0, 0.1) is 17.1 Å². The SMILES string of the molecule is N#Cc1ccnc(N2C(=O)N(C(=O)O)CC2C(=O)N(c2cccc(F)c2)C(C(=O)NC2CC(F)(F)C2)c2ccccc2Cl)c1. The number of nitrogens with zero attached hydrogens (tertiary/aromatic N) is 5. The van der Waals surface area contributed by atoms with E-state index >= 15 is 0 Å². The molecule has 15 heteroatoms. The maximum atomic E-state index is 14.6. The zero-order valence-electron chi connectivity index (χ0n) is 22.5. The molecule has 1 aliphatic heterocycles. The molecule has 2 atom stereocenters. The van der Waals surface area contributed by atoms with Crippen molar-refractivity contribution in [2.45, 2.75) is 36.9 Å². The third kappa shape index (κ3) is 5.86. The van der Waals surface area contributed by atoms with Gasteiger partial charge in [-0.3, -0.25) is 19.4 Å². The molecule has 5 amide bonds. The van der Waals surface area contributed by atoms with Crippen molar-refractivity contribution in [3.05, 3.63) is 88.8 Å². The second-order valence-corrected chi connectivity index (χ2v) is 10.6. The number of halogens is 4. The molecule has 2 N–H and O–H groups in total. The summed E-state index contributed by atoms with van der Waals surface area (Å²) in [5.41, 5.74) is -0.0739. The van der Waals surface area contributed by atoms with E-state index in [1.165, 1.54) is 48.7 Å². The molecule has 2 fully saturated rings. The molecule has 0 spiro atoms. The van der Waals surface area contributed by atoms with E-state index < -0.39 is 73.2 Å². The molecule has 3 aromatic rings. The molecule has 226 valence electrons. The third-order valence-electron chi connectivity index (χ3n) is 7.21. The molecule has 1 saturated heterocycles. The predicted octanol–water partition coefficient (Wildman–Crippen LogP) is 4.72. The van der Waals surface area contributed by atoms with Crippen LogP contribution in [0.1, 0.15) is 30.0 Å². The number of hydrogen-bond acceptors (Lipinski definition) is 6. The van der Waals surface area contributed by atoms with Crippen LogP contribution in [0.5, 0.6) is 0 Å². The summed E-state index contributed by atoms with van der Waals surface area (Å²) >= 11 is 6.46. The van der Waals surface area contributed by atoms with Gasteiger partial charge in [0.15, 0.2) is 0 Å². The number of alkyl halides is 2. The fraction of sp³-hybridized carbons (Fsp3) is 0.241. The number of aromatic nitrogens is 1. The molecule has 1 saturated carbocycles. The Morgan fingerprint density at radius 2 is 1.86 bits per heavy atom. The van der Waals surface area contributed by atoms with Crippen LogP contribution in [-0.4, -0.2) is 63.5 Å². The van der Waals surface area contributed by atoms with Crippen molar-refractivity contribution < 1.29 is 37.5 Å². The van der Waals surface area contributed by atoms with Gasteiger partial charge in [0.05, 0.1) is 18.2 Å². The second kappa shape index (κ2) is 11.8. The first kappa shape index (κ1) is 30.3. The van der Waals surface area contributed by atoms with E-state index in [1.807, 2.05) is 6.07 Å². The van der Waals surface area contributed by atoms with Crippen LogP contribution in [0.25, 0.3) is 0 Å². The molecular formula is C29H22ClF3N6O5. The summed E-state index contributed by atoms with van der Waals surface area (Å²) in [7, 11) is 0. The van der Waals surface area contributed by atoms with Gasteiger partial charge in [-0.05, 0) is 36.4 Å². The number of carbonyl (C=O) groups excluding carboxylic acids is 3. The molecule has 0 radical (unpaired) electrons. The molecule has 2 aliphatic rings. The third-order valence-corrected chi connectivity index (χ3v) is 7.55. The lowest BCUT2D eigenvalue weighted by molar-refractivity contribution is -0.133. The van der Waals surface area contributed by atoms with Crippen molar-refractivity contribution in [2.24, 2.45) is 0 Å². The highest BCUT2D eigenvalue weighted by Crippen LogP contribution is 2.39. The standard InChI is InChI=1S/C29H22ClF3N6O5/c30-21-7-2-1-6-20(21)24(25(40)36-18-12-29(32,33)13-18)38(19-5-3-4-17(31)11-19)26(41)22-15-37(28(43)44)27(42)39(22)23-10-16(14-34)8-9-35-23/h1-11,18,22,24H,12-13,15H2,(H,36,40)(H,43,44). The highest BCUT2D eigenvalue weighted by Gasteiger charge is 2.51. The Morgan fingerprint density at radius 1 is 1.14 bits per heavy atom. The number of nitriles is 1. The van der Waals surface area contributed by atoms with Gasteiger partial charge in [-0.25, -0.2) is 32.6 Å². The van der Waals surface area contributed by atoms with Gasteiger partial charge in [0, 0.05) is 41.4 Å². The van der Waals surface area contributed by atoms with E-state index in [-0.39, 0.29) is 27.7 Å². The van der Waals surface area contributed by atoms with Crippen molar-refractivity contribution in [3.63, 3.8) is 0 Å². The van der Waals surface area contributed by atoms with Crippen molar-refractivity contribution in [3.8, 4) is 6.07 Å². The van der Waals surface area contributed by atoms with Gasteiger partial charge in [-0.1, -0.05) is 35.9 Å². The zero-order chi connectivity index (χ0) is 31.8. The Hall–Kier alpha value is -5.16. The maximum absolute atomic E-state index is 14.6. The average molecular weight is 627 g/mol. The number of rotatable bonds is 7. The van der Waals surface area contributed by atoms with E-state index in [2.05, 4.69) is 10.3 Å². The molecular weight excluding hydrogens is 605 g/mol. The Kier molecular flexibility index (Phi) is 8.16. The normalized spacial score (nSPS) is 18.2. The minimum Gasteiger partial charge on any atom is -0.465 e. The molecule has 1 aromatic heterocycles. The van der Waals surface area contributed by atoms with Crippen LogP contribution in [0.3, 0.4) is 0 Å². The van der Waals surface area contributed by atoms with Crippen LogP contribution in [-0.2, 0) is 9.59 Å². The quantitative estimate of drug-likeness (QED) is 0.386. The summed E-state index contributed by atoms with van der Waals surface area (Å²) in [5.74, 6) is -5.98. The maximum Gasteiger partial charge on any atom is 0.415 e. The van der Waals surface area contributed by atoms with E-state index in [1.54, 1.807) is 6.07 Å². The molecule has 2 aromatic carbocycles. The van der Waals surface area contributed by atoms with Gasteiger partial charge in [-0.2, -0.15) is 5.26 Å². The largest absolute Gasteiger partial charge is 0.465 e. The number of hydrogen-bond donors (Lipinski definition) is 2. The van der Waals surface area contributed by atoms with Gasteiger partial charge in [0.2, 0.25) is 5.91 Å². The highest BCUT2D eigenvalue weighted by atomic mass is 35.5. The Labute approximate surface area is 253 Å². The summed E-state index contributed by atoms with van der Waals surface area (Å²) in [5, 5.41) is 21.6. The first-order valence-electron chi connectivity index (χ1n) is 13.1. The number of benzene rings is 2. The monoisotopic (exact) mass is 626 g/mol. The molecule has 2 unspecified atom stereocenters. The first-order valence-corrected chi connectivity index (χ1v) is 13.5. The lowest BCUT2D eigenvalue weighted by Crippen LogP contribution is -2.56. The van der Waals surface area contributed by atoms with E-state index in [9.17, 15) is 42.7 Å². The number of amides is 5. The second-order valence-electron chi connectivity index (χ2n) is 10.2. The van der Waals surface area contributed by atoms with Crippen LogP contribution in [0.15, 0.2) is 66.9 Å². The first-order chi connectivity index (χ1) is 20.9. The predicted molar refractivity (Wildman–Crippen MR) is 150 cm³/mol. The summed E-state index contributed by atoms with van der Waals surface area (Å²) in [6.45, 7) is -0.719. The average Bonchev–Trinajstić information content (AvgIpc) is 3.32. The number of pyridine rings is 1. The number of carbonyl (C=O) groups is 4. The number of nitrogens with one attached hydrogen (secondary N) is 1. The zero-order valence-corrected chi connectivity index (χ0v) is 23.3. The molecule has 5 rings (SSSR count). The lowest BCUT2D eigenvalue weighted by Gasteiger charge is -2.39. The Balaban J connectivity index is 1.65. The van der Waals surface area contributed by atoms with Crippen molar-refractivity contribution in [2.75, 3.05) is 16.3 Å². The van der Waals surface area contributed by atoms with Crippen LogP contribution >= 0.6 is 11.6 Å². The summed E-state index contributed by atoms with van der Waals surface area (Å²) in [4.78, 5) is 59.7. The van der Waals surface area contributed by atoms with Gasteiger partial charge in [0.1, 0.15) is 23.7 Å². The lowest BCUT2D eigenvalue weighted by atomic mass is 9.87. The van der Waals surface area contributed by atoms with Gasteiger partial charge >= 0.3 is 12.1 Å². The topological polar surface area (TPSA) is 147 Å². The number of imide groups is 1. The van der Waals surface area contributed by atoms with E-state index in [0.717, 1.165) is 21.9 Å². The van der Waals surface area contributed by atoms with Crippen molar-refractivity contribution in [1.82, 2.24) is 15.2 Å². The fourth-order valence-electron chi connectivity index (χ4n) is 5.15. The molecule has 11 nitrogen and oxygen atoms in total. The summed E-state index contributed by atoms with van der Waals surface area (Å²) in [6, 6.07) is 9.45. The van der Waals surface area contributed by atoms with Gasteiger partial charge < -0.3 is 10.4 Å². The summed E-state index contributed by atoms with van der Waals surface area (Å²) < 4.78 is 41.8. The van der Waals surface area contributed by atoms with Crippen LogP contribution in [0.2, 0.25) is 5.02 Å². The Morgan fingerprint density at radius 3 is 2.50 bits per heavy atom. The molecule has 44 heavy (non-hydrogen) atoms. The van der Waals surface area contributed by atoms with Crippen LogP contribution in [0.4, 0.5) is 34.3 Å². The minimum absolute atomic E-state index is 0.00990.